The second kappa shape index (κ2) is 11.5. The molecular formula is C15H25N5O8. The Morgan fingerprint density at radius 2 is 1.39 bits per heavy atom. The molecule has 0 radical (unpaired) electrons. The molecule has 0 aliphatic heterocycles. The number of carboxylic acids is 2. The molecule has 0 aromatic carbocycles. The molecule has 4 unspecified atom stereocenters. The van der Waals surface area contributed by atoms with E-state index in [1.165, 1.54) is 13.8 Å². The number of carboxylic acid groups (broad SMARTS) is 2. The summed E-state index contributed by atoms with van der Waals surface area (Å²) in [5.74, 6) is -5.93. The van der Waals surface area contributed by atoms with E-state index < -0.39 is 66.2 Å². The summed E-state index contributed by atoms with van der Waals surface area (Å²) < 4.78 is 0. The summed E-state index contributed by atoms with van der Waals surface area (Å²) in [5, 5.41) is 24.1. The zero-order chi connectivity index (χ0) is 22.0. The molecule has 4 atom stereocenters. The normalized spacial score (nSPS) is 14.7. The van der Waals surface area contributed by atoms with Crippen molar-refractivity contribution in [2.75, 3.05) is 0 Å². The first kappa shape index (κ1) is 24.8. The number of carbonyl (C=O) groups is 6. The second-order valence-electron chi connectivity index (χ2n) is 6.07. The van der Waals surface area contributed by atoms with Gasteiger partial charge in [-0.15, -0.1) is 0 Å². The number of hydrogen-bond acceptors (Lipinski definition) is 7. The topological polar surface area (TPSA) is 231 Å². The van der Waals surface area contributed by atoms with Crippen molar-refractivity contribution >= 4 is 35.6 Å². The number of carbonyl (C=O) groups excluding carboxylic acids is 4. The van der Waals surface area contributed by atoms with Gasteiger partial charge in [0.05, 0.1) is 12.5 Å². The Hall–Kier alpha value is -3.22. The third kappa shape index (κ3) is 9.47. The highest BCUT2D eigenvalue weighted by molar-refractivity contribution is 5.94. The summed E-state index contributed by atoms with van der Waals surface area (Å²) in [6, 6.07) is -5.09. The first-order chi connectivity index (χ1) is 12.8. The Labute approximate surface area is 160 Å². The van der Waals surface area contributed by atoms with Gasteiger partial charge in [-0.25, -0.2) is 0 Å². The molecule has 0 fully saturated rings. The van der Waals surface area contributed by atoms with Gasteiger partial charge in [0.15, 0.2) is 0 Å². The predicted octanol–water partition coefficient (Wildman–Crippen LogP) is -3.37. The second-order valence-corrected chi connectivity index (χ2v) is 6.07. The molecule has 4 amide bonds. The van der Waals surface area contributed by atoms with Gasteiger partial charge in [-0.3, -0.25) is 28.8 Å². The van der Waals surface area contributed by atoms with Crippen molar-refractivity contribution in [2.24, 2.45) is 11.5 Å². The number of amides is 4. The van der Waals surface area contributed by atoms with Crippen LogP contribution >= 0.6 is 0 Å². The minimum atomic E-state index is -1.43. The van der Waals surface area contributed by atoms with Crippen LogP contribution in [0.1, 0.15) is 33.1 Å². The maximum atomic E-state index is 12.3. The van der Waals surface area contributed by atoms with Crippen molar-refractivity contribution in [3.05, 3.63) is 0 Å². The van der Waals surface area contributed by atoms with Crippen LogP contribution in [0.5, 0.6) is 0 Å². The van der Waals surface area contributed by atoms with Crippen LogP contribution in [0, 0.1) is 0 Å². The lowest BCUT2D eigenvalue weighted by Gasteiger charge is -2.22. The zero-order valence-electron chi connectivity index (χ0n) is 15.4. The van der Waals surface area contributed by atoms with Gasteiger partial charge in [-0.05, 0) is 20.3 Å². The number of hydrogen-bond donors (Lipinski definition) is 7. The molecule has 0 saturated carbocycles. The maximum absolute atomic E-state index is 12.3. The van der Waals surface area contributed by atoms with Gasteiger partial charge in [0.1, 0.15) is 18.1 Å². The lowest BCUT2D eigenvalue weighted by atomic mass is 10.1. The van der Waals surface area contributed by atoms with Crippen LogP contribution in [0.2, 0.25) is 0 Å². The summed E-state index contributed by atoms with van der Waals surface area (Å²) in [5.41, 5.74) is 10.4. The van der Waals surface area contributed by atoms with Crippen LogP contribution < -0.4 is 27.4 Å². The molecule has 158 valence electrons. The highest BCUT2D eigenvalue weighted by Crippen LogP contribution is 2.01. The van der Waals surface area contributed by atoms with Crippen LogP contribution in [0.3, 0.4) is 0 Å². The van der Waals surface area contributed by atoms with Crippen LogP contribution in [-0.2, 0) is 28.8 Å². The van der Waals surface area contributed by atoms with Crippen molar-refractivity contribution in [3.8, 4) is 0 Å². The first-order valence-electron chi connectivity index (χ1n) is 8.24. The van der Waals surface area contributed by atoms with Crippen molar-refractivity contribution in [1.29, 1.82) is 0 Å². The summed E-state index contributed by atoms with van der Waals surface area (Å²) in [4.78, 5) is 68.5. The van der Waals surface area contributed by atoms with Crippen LogP contribution in [0.15, 0.2) is 0 Å². The Morgan fingerprint density at radius 1 is 0.857 bits per heavy atom. The quantitative estimate of drug-likeness (QED) is 0.172. The van der Waals surface area contributed by atoms with Gasteiger partial charge < -0.3 is 37.6 Å². The lowest BCUT2D eigenvalue weighted by molar-refractivity contribution is -0.141. The molecule has 0 aromatic rings. The van der Waals surface area contributed by atoms with Gasteiger partial charge in [-0.1, -0.05) is 0 Å². The van der Waals surface area contributed by atoms with E-state index in [4.69, 9.17) is 21.7 Å². The van der Waals surface area contributed by atoms with Gasteiger partial charge in [-0.2, -0.15) is 0 Å². The molecule has 0 bridgehead atoms. The van der Waals surface area contributed by atoms with Crippen LogP contribution in [0.4, 0.5) is 0 Å². The van der Waals surface area contributed by atoms with Gasteiger partial charge in [0, 0.05) is 6.42 Å². The smallest absolute Gasteiger partial charge is 0.325 e. The molecule has 0 heterocycles. The van der Waals surface area contributed by atoms with Gasteiger partial charge in [0.2, 0.25) is 23.6 Å². The van der Waals surface area contributed by atoms with Gasteiger partial charge >= 0.3 is 11.9 Å². The molecule has 0 aromatic heterocycles. The van der Waals surface area contributed by atoms with E-state index in [0.717, 1.165) is 0 Å². The monoisotopic (exact) mass is 403 g/mol. The average Bonchev–Trinajstić information content (AvgIpc) is 2.56. The third-order valence-electron chi connectivity index (χ3n) is 3.52. The number of nitrogens with two attached hydrogens (primary N) is 2. The van der Waals surface area contributed by atoms with Crippen LogP contribution in [0.25, 0.3) is 0 Å². The summed E-state index contributed by atoms with van der Waals surface area (Å²) in [6.07, 6.45) is -1.17. The highest BCUT2D eigenvalue weighted by atomic mass is 16.4. The molecule has 9 N–H and O–H groups in total. The molecule has 0 spiro atoms. The van der Waals surface area contributed by atoms with E-state index in [-0.39, 0.29) is 12.8 Å². The molecule has 13 heteroatoms. The SMILES string of the molecule is CC(NC(=O)C(C)NC(=O)C(CCC(N)=O)NC(=O)C(N)CC(=O)O)C(=O)O. The Bertz CT molecular complexity index is 638. The van der Waals surface area contributed by atoms with Crippen molar-refractivity contribution in [3.63, 3.8) is 0 Å². The molecule has 0 rings (SSSR count). The minimum absolute atomic E-state index is 0.216. The molecule has 28 heavy (non-hydrogen) atoms. The molecular weight excluding hydrogens is 378 g/mol. The molecule has 0 aliphatic carbocycles. The number of aliphatic carboxylic acids is 2. The number of primary amides is 1. The van der Waals surface area contributed by atoms with E-state index >= 15 is 0 Å². The largest absolute Gasteiger partial charge is 0.481 e. The molecule has 13 nitrogen and oxygen atoms in total. The fraction of sp³-hybridized carbons (Fsp3) is 0.600. The summed E-state index contributed by atoms with van der Waals surface area (Å²) in [6.45, 7) is 2.51. The van der Waals surface area contributed by atoms with E-state index in [2.05, 4.69) is 16.0 Å². The molecule has 0 aliphatic rings. The Morgan fingerprint density at radius 3 is 1.86 bits per heavy atom. The van der Waals surface area contributed by atoms with E-state index in [0.29, 0.717) is 0 Å². The van der Waals surface area contributed by atoms with Crippen LogP contribution in [-0.4, -0.2) is 69.9 Å². The van der Waals surface area contributed by atoms with E-state index in [1.807, 2.05) is 0 Å². The van der Waals surface area contributed by atoms with Crippen molar-refractivity contribution in [2.45, 2.75) is 57.3 Å². The van der Waals surface area contributed by atoms with E-state index in [9.17, 15) is 28.8 Å². The van der Waals surface area contributed by atoms with Gasteiger partial charge in [0.25, 0.3) is 0 Å². The minimum Gasteiger partial charge on any atom is -0.481 e. The lowest BCUT2D eigenvalue weighted by Crippen LogP contribution is -2.56. The molecule has 0 saturated heterocycles. The average molecular weight is 403 g/mol. The first-order valence-corrected chi connectivity index (χ1v) is 8.24. The number of nitrogens with one attached hydrogen (secondary N) is 3. The fourth-order valence-electron chi connectivity index (χ4n) is 1.89. The summed E-state index contributed by atoms with van der Waals surface area (Å²) in [7, 11) is 0. The number of rotatable bonds is 12. The summed E-state index contributed by atoms with van der Waals surface area (Å²) >= 11 is 0. The highest BCUT2D eigenvalue weighted by Gasteiger charge is 2.28. The van der Waals surface area contributed by atoms with Crippen molar-refractivity contribution in [1.82, 2.24) is 16.0 Å². The Kier molecular flexibility index (Phi) is 10.2. The maximum Gasteiger partial charge on any atom is 0.325 e. The van der Waals surface area contributed by atoms with E-state index in [1.54, 1.807) is 0 Å². The zero-order valence-corrected chi connectivity index (χ0v) is 15.4. The standard InChI is InChI=1S/C15H25N5O8/c1-6(12(24)19-7(2)15(27)28)18-14(26)9(3-4-10(17)21)20-13(25)8(16)5-11(22)23/h6-9H,3-5,16H2,1-2H3,(H2,17,21)(H,18,26)(H,19,24)(H,20,25)(H,22,23)(H,27,28). The van der Waals surface area contributed by atoms with Crippen molar-refractivity contribution < 1.29 is 39.0 Å². The Balaban J connectivity index is 5.03. The third-order valence-corrected chi connectivity index (χ3v) is 3.52. The fourth-order valence-corrected chi connectivity index (χ4v) is 1.89. The predicted molar refractivity (Wildman–Crippen MR) is 93.4 cm³/mol.